The minimum Gasteiger partial charge on any atom is -0.370 e. The van der Waals surface area contributed by atoms with Crippen molar-refractivity contribution < 1.29 is 24.0 Å². The predicted octanol–water partition coefficient (Wildman–Crippen LogP) is -1.67. The number of carbonyl (C=O) groups excluding carboxylic acids is 5. The van der Waals surface area contributed by atoms with Gasteiger partial charge in [-0.2, -0.15) is 0 Å². The summed E-state index contributed by atoms with van der Waals surface area (Å²) in [5.41, 5.74) is 18.8. The molecule has 0 aromatic carbocycles. The second-order valence-corrected chi connectivity index (χ2v) is 7.27. The summed E-state index contributed by atoms with van der Waals surface area (Å²) in [6.45, 7) is 1.29. The van der Waals surface area contributed by atoms with Gasteiger partial charge in [-0.3, -0.25) is 24.2 Å². The third kappa shape index (κ3) is 15.9. The molecule has 0 fully saturated rings. The number of carbonyl (C=O) groups is 5. The fourth-order valence-corrected chi connectivity index (χ4v) is 2.63. The Bertz CT molecular complexity index is 763. The molecule has 0 aromatic heterocycles. The number of hydrogen-bond donors (Lipinski definition) is 6. The largest absolute Gasteiger partial charge is 0.370 e. The van der Waals surface area contributed by atoms with E-state index in [1.165, 1.54) is 6.92 Å². The number of hydrogen-bond acceptors (Lipinski definition) is 7. The number of nitrogens with zero attached hydrogens (tertiary/aromatic N) is 4. The molecule has 0 unspecified atom stereocenters. The number of guanidine groups is 1. The number of nitrogens with two attached hydrogens (primary N) is 2. The topological polar surface area (TPSA) is 247 Å². The molecule has 0 rings (SSSR count). The molecular weight excluding hydrogens is 448 g/mol. The van der Waals surface area contributed by atoms with Crippen LogP contribution in [-0.4, -0.2) is 74.1 Å². The zero-order chi connectivity index (χ0) is 25.8. The number of aldehydes is 1. The third-order valence-electron chi connectivity index (χ3n) is 4.37. The zero-order valence-electron chi connectivity index (χ0n) is 19.3. The molecule has 190 valence electrons. The Hall–Kier alpha value is -3.87. The van der Waals surface area contributed by atoms with Crippen molar-refractivity contribution in [3.63, 3.8) is 0 Å². The van der Waals surface area contributed by atoms with Gasteiger partial charge < -0.3 is 37.5 Å². The van der Waals surface area contributed by atoms with E-state index >= 15 is 0 Å². The summed E-state index contributed by atoms with van der Waals surface area (Å²) in [6.07, 6.45) is 4.12. The summed E-state index contributed by atoms with van der Waals surface area (Å²) in [7, 11) is 0. The number of nitrogens with one attached hydrogen (secondary N) is 4. The summed E-state index contributed by atoms with van der Waals surface area (Å²) >= 11 is 0. The molecule has 0 spiro atoms. The Morgan fingerprint density at radius 3 is 2.38 bits per heavy atom. The first-order valence-corrected chi connectivity index (χ1v) is 10.8. The van der Waals surface area contributed by atoms with Gasteiger partial charge in [-0.1, -0.05) is 11.5 Å². The van der Waals surface area contributed by atoms with Crippen molar-refractivity contribution in [2.45, 2.75) is 57.5 Å². The first kappa shape index (κ1) is 30.1. The van der Waals surface area contributed by atoms with E-state index < -0.39 is 42.3 Å². The normalized spacial score (nSPS) is 11.7. The molecule has 0 aliphatic heterocycles. The Morgan fingerprint density at radius 2 is 1.74 bits per heavy atom. The standard InChI is InChI=1S/C19H34N10O5/c1-13(27-16(32)12-26-29-22)17(33)28-14(7-6-9-24-19(20)21)18(34)25-11-15(31)23-8-4-2-3-5-10-30/h10,13-14H,2-9,11-12H2,1H3,(H,23,31)(H,25,34)(H,27,32)(H,28,33)(H4,20,21,24)/t13-,14-/m0/s1. The fraction of sp³-hybridized carbons (Fsp3) is 0.684. The lowest BCUT2D eigenvalue weighted by Gasteiger charge is -2.21. The SMILES string of the molecule is C[C@H](NC(=O)CN=[N+]=[N-])C(=O)N[C@@H](CCCN=C(N)N)C(=O)NCC(=O)NCCCCCC=O. The Kier molecular flexibility index (Phi) is 16.6. The lowest BCUT2D eigenvalue weighted by molar-refractivity contribution is -0.132. The van der Waals surface area contributed by atoms with Gasteiger partial charge in [0.2, 0.25) is 23.6 Å². The summed E-state index contributed by atoms with van der Waals surface area (Å²) in [4.78, 5) is 65.1. The quantitative estimate of drug-likeness (QED) is 0.0252. The minimum absolute atomic E-state index is 0.107. The molecule has 0 heterocycles. The third-order valence-corrected chi connectivity index (χ3v) is 4.37. The maximum absolute atomic E-state index is 12.6. The molecule has 4 amide bonds. The van der Waals surface area contributed by atoms with E-state index in [0.29, 0.717) is 25.8 Å². The van der Waals surface area contributed by atoms with Crippen LogP contribution in [0.4, 0.5) is 0 Å². The van der Waals surface area contributed by atoms with Gasteiger partial charge in [-0.05, 0) is 38.1 Å². The molecule has 8 N–H and O–H groups in total. The van der Waals surface area contributed by atoms with Crippen molar-refractivity contribution in [3.8, 4) is 0 Å². The van der Waals surface area contributed by atoms with E-state index in [1.807, 2.05) is 0 Å². The van der Waals surface area contributed by atoms with Crippen molar-refractivity contribution in [1.29, 1.82) is 0 Å². The minimum atomic E-state index is -1.01. The molecule has 0 aliphatic carbocycles. The molecule has 2 atom stereocenters. The number of aliphatic imine (C=N–C) groups is 1. The van der Waals surface area contributed by atoms with Crippen LogP contribution in [0.25, 0.3) is 10.4 Å². The van der Waals surface area contributed by atoms with Crippen molar-refractivity contribution >= 4 is 35.9 Å². The highest BCUT2D eigenvalue weighted by molar-refractivity contribution is 5.93. The van der Waals surface area contributed by atoms with Gasteiger partial charge in [0.15, 0.2) is 5.96 Å². The van der Waals surface area contributed by atoms with Gasteiger partial charge in [-0.15, -0.1) is 0 Å². The molecule has 15 heteroatoms. The molecule has 0 aliphatic rings. The van der Waals surface area contributed by atoms with E-state index in [4.69, 9.17) is 17.0 Å². The smallest absolute Gasteiger partial charge is 0.243 e. The highest BCUT2D eigenvalue weighted by Gasteiger charge is 2.24. The summed E-state index contributed by atoms with van der Waals surface area (Å²) in [5.74, 6) is -2.39. The van der Waals surface area contributed by atoms with E-state index in [0.717, 1.165) is 19.1 Å². The zero-order valence-corrected chi connectivity index (χ0v) is 19.3. The molecule has 0 saturated heterocycles. The number of rotatable bonds is 18. The van der Waals surface area contributed by atoms with E-state index in [2.05, 4.69) is 36.3 Å². The fourth-order valence-electron chi connectivity index (χ4n) is 2.63. The summed E-state index contributed by atoms with van der Waals surface area (Å²) in [6, 6.07) is -2.01. The molecular formula is C19H34N10O5. The molecule has 0 radical (unpaired) electrons. The second-order valence-electron chi connectivity index (χ2n) is 7.27. The van der Waals surface area contributed by atoms with Crippen molar-refractivity contribution in [3.05, 3.63) is 10.4 Å². The van der Waals surface area contributed by atoms with Gasteiger partial charge in [0.05, 0.1) is 6.54 Å². The summed E-state index contributed by atoms with van der Waals surface area (Å²) < 4.78 is 0. The second kappa shape index (κ2) is 18.7. The molecule has 15 nitrogen and oxygen atoms in total. The van der Waals surface area contributed by atoms with Crippen molar-refractivity contribution in [2.75, 3.05) is 26.2 Å². The van der Waals surface area contributed by atoms with Gasteiger partial charge in [0, 0.05) is 24.4 Å². The van der Waals surface area contributed by atoms with Gasteiger partial charge >= 0.3 is 0 Å². The average molecular weight is 483 g/mol. The maximum atomic E-state index is 12.6. The van der Waals surface area contributed by atoms with Crippen LogP contribution in [0.5, 0.6) is 0 Å². The maximum Gasteiger partial charge on any atom is 0.243 e. The predicted molar refractivity (Wildman–Crippen MR) is 124 cm³/mol. The van der Waals surface area contributed by atoms with Crippen LogP contribution >= 0.6 is 0 Å². The van der Waals surface area contributed by atoms with Crippen LogP contribution in [0.1, 0.15) is 45.4 Å². The van der Waals surface area contributed by atoms with Gasteiger partial charge in [0.1, 0.15) is 24.9 Å². The van der Waals surface area contributed by atoms with E-state index in [1.54, 1.807) is 0 Å². The molecule has 34 heavy (non-hydrogen) atoms. The lowest BCUT2D eigenvalue weighted by atomic mass is 10.1. The van der Waals surface area contributed by atoms with Crippen LogP contribution in [0.15, 0.2) is 10.1 Å². The van der Waals surface area contributed by atoms with Crippen LogP contribution in [0.3, 0.4) is 0 Å². The molecule has 0 bridgehead atoms. The highest BCUT2D eigenvalue weighted by atomic mass is 16.2. The Morgan fingerprint density at radius 1 is 1.00 bits per heavy atom. The van der Waals surface area contributed by atoms with E-state index in [9.17, 15) is 24.0 Å². The number of amides is 4. The monoisotopic (exact) mass is 482 g/mol. The number of unbranched alkanes of at least 4 members (excludes halogenated alkanes) is 3. The van der Waals surface area contributed by atoms with Gasteiger partial charge in [-0.25, -0.2) is 0 Å². The van der Waals surface area contributed by atoms with Crippen LogP contribution in [-0.2, 0) is 24.0 Å². The first-order chi connectivity index (χ1) is 16.2. The van der Waals surface area contributed by atoms with Crippen LogP contribution in [0.2, 0.25) is 0 Å². The van der Waals surface area contributed by atoms with Crippen molar-refractivity contribution in [2.24, 2.45) is 21.6 Å². The van der Waals surface area contributed by atoms with Crippen LogP contribution in [0, 0.1) is 0 Å². The van der Waals surface area contributed by atoms with E-state index in [-0.39, 0.29) is 25.5 Å². The summed E-state index contributed by atoms with van der Waals surface area (Å²) in [5, 5.41) is 13.1. The van der Waals surface area contributed by atoms with Crippen LogP contribution < -0.4 is 32.7 Å². The molecule has 0 saturated carbocycles. The Balaban J connectivity index is 4.75. The lowest BCUT2D eigenvalue weighted by Crippen LogP contribution is -2.54. The van der Waals surface area contributed by atoms with Crippen molar-refractivity contribution in [1.82, 2.24) is 21.3 Å². The Labute approximate surface area is 197 Å². The molecule has 0 aromatic rings. The number of azide groups is 1. The highest BCUT2D eigenvalue weighted by Crippen LogP contribution is 2.00. The average Bonchev–Trinajstić information content (AvgIpc) is 2.79. The first-order valence-electron chi connectivity index (χ1n) is 10.8. The van der Waals surface area contributed by atoms with Gasteiger partial charge in [0.25, 0.3) is 0 Å².